The minimum absolute atomic E-state index is 0.173. The zero-order valence-corrected chi connectivity index (χ0v) is 24.1. The van der Waals surface area contributed by atoms with E-state index in [1.807, 2.05) is 42.5 Å². The summed E-state index contributed by atoms with van der Waals surface area (Å²) in [6.45, 7) is 5.78. The first kappa shape index (κ1) is 31.9. The normalized spacial score (nSPS) is 10.4. The number of hydrogen-bond acceptors (Lipinski definition) is 7. The summed E-state index contributed by atoms with van der Waals surface area (Å²) in [7, 11) is 1.59. The first-order chi connectivity index (χ1) is 19.2. The second-order valence-corrected chi connectivity index (χ2v) is 9.55. The second-order valence-electron chi connectivity index (χ2n) is 9.55. The third-order valence-electron chi connectivity index (χ3n) is 6.33. The molecule has 7 nitrogen and oxygen atoms in total. The van der Waals surface area contributed by atoms with Crippen LogP contribution < -0.4 is 14.2 Å². The molecule has 3 aromatic rings. The van der Waals surface area contributed by atoms with E-state index >= 15 is 0 Å². The summed E-state index contributed by atoms with van der Waals surface area (Å²) in [5.74, 6) is 1.97. The Kier molecular flexibility index (Phi) is 16.8. The van der Waals surface area contributed by atoms with E-state index in [2.05, 4.69) is 29.3 Å². The lowest BCUT2D eigenvalue weighted by atomic mass is 10.1. The Hall–Kier alpha value is -3.35. The number of unbranched alkanes of at least 4 members (excludes halogenated alkanes) is 10. The van der Waals surface area contributed by atoms with Gasteiger partial charge in [-0.2, -0.15) is 0 Å². The van der Waals surface area contributed by atoms with Crippen LogP contribution in [-0.4, -0.2) is 40.8 Å². The van der Waals surface area contributed by atoms with Crippen LogP contribution in [-0.2, 0) is 0 Å². The second kappa shape index (κ2) is 20.6. The third-order valence-corrected chi connectivity index (χ3v) is 6.33. The standard InChI is InChI=1S/C22H38O3.C10H9N3O/c1-3-5-7-9-11-13-18-24-21-17-15-16-20(23)22(21)25-19-14-12-10-8-6-4-2;1-14-9-7-11-13-12-10(9)8-5-3-2-4-6-8/h15-17,23H,3-14,18-19H2,1-2H3;2-7H,1H3. The summed E-state index contributed by atoms with van der Waals surface area (Å²) in [5.41, 5.74) is 1.68. The summed E-state index contributed by atoms with van der Waals surface area (Å²) in [5, 5.41) is 21.2. The molecule has 1 N–H and O–H groups in total. The van der Waals surface area contributed by atoms with E-state index in [4.69, 9.17) is 14.2 Å². The molecule has 1 heterocycles. The van der Waals surface area contributed by atoms with Crippen molar-refractivity contribution in [1.82, 2.24) is 15.4 Å². The van der Waals surface area contributed by atoms with Crippen molar-refractivity contribution in [2.45, 2.75) is 90.9 Å². The van der Waals surface area contributed by atoms with Crippen molar-refractivity contribution < 1.29 is 19.3 Å². The van der Waals surface area contributed by atoms with Crippen molar-refractivity contribution in [3.05, 3.63) is 54.7 Å². The maximum Gasteiger partial charge on any atom is 0.203 e. The van der Waals surface area contributed by atoms with Crippen molar-refractivity contribution in [1.29, 1.82) is 0 Å². The molecule has 0 bridgehead atoms. The fraction of sp³-hybridized carbons (Fsp3) is 0.531. The number of aromatic nitrogens is 3. The number of rotatable bonds is 18. The molecule has 0 unspecified atom stereocenters. The Labute approximate surface area is 234 Å². The molecule has 0 amide bonds. The zero-order valence-electron chi connectivity index (χ0n) is 24.1. The SMILES string of the molecule is CCCCCCCCOc1cccc(O)c1OCCCCCCCC.COc1cnnnc1-c1ccccc1. The van der Waals surface area contributed by atoms with Crippen LogP contribution in [0, 0.1) is 0 Å². The van der Waals surface area contributed by atoms with E-state index in [1.54, 1.807) is 19.4 Å². The lowest BCUT2D eigenvalue weighted by Gasteiger charge is -2.14. The van der Waals surface area contributed by atoms with Gasteiger partial charge in [-0.15, -0.1) is 10.2 Å². The van der Waals surface area contributed by atoms with Gasteiger partial charge in [-0.1, -0.05) is 114 Å². The van der Waals surface area contributed by atoms with E-state index in [0.717, 1.165) is 18.4 Å². The molecule has 214 valence electrons. The highest BCUT2D eigenvalue weighted by Crippen LogP contribution is 2.36. The average Bonchev–Trinajstić information content (AvgIpc) is 2.98. The number of phenols is 1. The molecule has 0 saturated carbocycles. The van der Waals surface area contributed by atoms with Gasteiger partial charge < -0.3 is 19.3 Å². The number of methoxy groups -OCH3 is 1. The predicted octanol–water partition coefficient (Wildman–Crippen LogP) is 8.42. The van der Waals surface area contributed by atoms with Gasteiger partial charge in [0.25, 0.3) is 0 Å². The van der Waals surface area contributed by atoms with Gasteiger partial charge in [-0.3, -0.25) is 0 Å². The highest BCUT2D eigenvalue weighted by molar-refractivity contribution is 5.64. The first-order valence-corrected chi connectivity index (χ1v) is 14.6. The first-order valence-electron chi connectivity index (χ1n) is 14.6. The van der Waals surface area contributed by atoms with E-state index in [-0.39, 0.29) is 5.75 Å². The molecule has 0 radical (unpaired) electrons. The number of ether oxygens (including phenoxy) is 3. The Bertz CT molecular complexity index is 1020. The van der Waals surface area contributed by atoms with Crippen LogP contribution in [0.5, 0.6) is 23.0 Å². The number of para-hydroxylation sites is 1. The van der Waals surface area contributed by atoms with Crippen molar-refractivity contribution in [3.8, 4) is 34.3 Å². The third kappa shape index (κ3) is 12.8. The lowest BCUT2D eigenvalue weighted by molar-refractivity contribution is 0.249. The van der Waals surface area contributed by atoms with E-state index < -0.39 is 0 Å². The number of aromatic hydroxyl groups is 1. The Morgan fingerprint density at radius 3 is 1.92 bits per heavy atom. The highest BCUT2D eigenvalue weighted by atomic mass is 16.5. The quantitative estimate of drug-likeness (QED) is 0.163. The Morgan fingerprint density at radius 1 is 0.667 bits per heavy atom. The molecule has 0 fully saturated rings. The molecule has 3 rings (SSSR count). The number of phenolic OH excluding ortho intramolecular Hbond substituents is 1. The highest BCUT2D eigenvalue weighted by Gasteiger charge is 2.10. The van der Waals surface area contributed by atoms with Gasteiger partial charge >= 0.3 is 0 Å². The monoisotopic (exact) mass is 537 g/mol. The van der Waals surface area contributed by atoms with Crippen LogP contribution in [0.1, 0.15) is 90.9 Å². The number of benzene rings is 2. The van der Waals surface area contributed by atoms with Crippen LogP contribution >= 0.6 is 0 Å². The molecule has 0 aliphatic heterocycles. The molecule has 1 aromatic heterocycles. The Balaban J connectivity index is 0.000000318. The van der Waals surface area contributed by atoms with Crippen LogP contribution in [0.3, 0.4) is 0 Å². The molecule has 0 atom stereocenters. The Morgan fingerprint density at radius 2 is 1.28 bits per heavy atom. The maximum atomic E-state index is 10.1. The summed E-state index contributed by atoms with van der Waals surface area (Å²) >= 11 is 0. The van der Waals surface area contributed by atoms with Crippen molar-refractivity contribution in [2.24, 2.45) is 0 Å². The maximum absolute atomic E-state index is 10.1. The predicted molar refractivity (Wildman–Crippen MR) is 158 cm³/mol. The molecule has 0 aliphatic rings. The van der Waals surface area contributed by atoms with Crippen molar-refractivity contribution in [3.63, 3.8) is 0 Å². The van der Waals surface area contributed by atoms with Gasteiger partial charge in [0.2, 0.25) is 5.75 Å². The van der Waals surface area contributed by atoms with E-state index in [1.165, 1.54) is 64.2 Å². The summed E-state index contributed by atoms with van der Waals surface area (Å²) < 4.78 is 16.8. The minimum Gasteiger partial charge on any atom is -0.504 e. The number of nitrogens with zero attached hydrogens (tertiary/aromatic N) is 3. The summed E-state index contributed by atoms with van der Waals surface area (Å²) in [4.78, 5) is 0. The van der Waals surface area contributed by atoms with E-state index in [9.17, 15) is 5.11 Å². The van der Waals surface area contributed by atoms with Gasteiger partial charge in [0, 0.05) is 5.56 Å². The van der Waals surface area contributed by atoms with Crippen LogP contribution in [0.25, 0.3) is 11.3 Å². The van der Waals surface area contributed by atoms with Gasteiger partial charge in [-0.05, 0) is 30.2 Å². The van der Waals surface area contributed by atoms with Crippen LogP contribution in [0.4, 0.5) is 0 Å². The van der Waals surface area contributed by atoms with Crippen LogP contribution in [0.2, 0.25) is 0 Å². The molecule has 2 aromatic carbocycles. The van der Waals surface area contributed by atoms with Gasteiger partial charge in [0.05, 0.1) is 26.5 Å². The summed E-state index contributed by atoms with van der Waals surface area (Å²) in [6.07, 6.45) is 16.4. The van der Waals surface area contributed by atoms with Gasteiger partial charge in [0.1, 0.15) is 5.69 Å². The lowest BCUT2D eigenvalue weighted by Crippen LogP contribution is -2.03. The topological polar surface area (TPSA) is 86.6 Å². The molecule has 0 spiro atoms. The smallest absolute Gasteiger partial charge is 0.203 e. The molecule has 0 aliphatic carbocycles. The largest absolute Gasteiger partial charge is 0.504 e. The zero-order chi connectivity index (χ0) is 28.0. The van der Waals surface area contributed by atoms with Crippen molar-refractivity contribution in [2.75, 3.05) is 20.3 Å². The molecular formula is C32H47N3O4. The van der Waals surface area contributed by atoms with Crippen molar-refractivity contribution >= 4 is 0 Å². The molecule has 39 heavy (non-hydrogen) atoms. The molecular weight excluding hydrogens is 490 g/mol. The van der Waals surface area contributed by atoms with Gasteiger partial charge in [0.15, 0.2) is 17.2 Å². The number of hydrogen-bond donors (Lipinski definition) is 1. The fourth-order valence-corrected chi connectivity index (χ4v) is 4.09. The fourth-order valence-electron chi connectivity index (χ4n) is 4.09. The summed E-state index contributed by atoms with van der Waals surface area (Å²) in [6, 6.07) is 15.1. The average molecular weight is 538 g/mol. The van der Waals surface area contributed by atoms with Gasteiger partial charge in [-0.25, -0.2) is 0 Å². The van der Waals surface area contributed by atoms with Crippen LogP contribution in [0.15, 0.2) is 54.7 Å². The molecule has 0 saturated heterocycles. The minimum atomic E-state index is 0.173. The molecule has 7 heteroatoms. The van der Waals surface area contributed by atoms with E-state index in [0.29, 0.717) is 36.2 Å².